The van der Waals surface area contributed by atoms with Gasteiger partial charge in [0.05, 0.1) is 6.54 Å². The number of hydrogen-bond acceptors (Lipinski definition) is 6. The maximum absolute atomic E-state index is 12.0. The predicted octanol–water partition coefficient (Wildman–Crippen LogP) is 2.40. The van der Waals surface area contributed by atoms with Crippen LogP contribution in [0.2, 0.25) is 0 Å². The highest BCUT2D eigenvalue weighted by Crippen LogP contribution is 2.35. The Bertz CT molecular complexity index is 877. The van der Waals surface area contributed by atoms with Crippen LogP contribution in [0.5, 0.6) is 11.5 Å². The molecule has 0 atom stereocenters. The van der Waals surface area contributed by atoms with Crippen LogP contribution in [0.1, 0.15) is 16.2 Å². The third-order valence-corrected chi connectivity index (χ3v) is 3.54. The highest BCUT2D eigenvalue weighted by Gasteiger charge is 2.16. The van der Waals surface area contributed by atoms with Crippen molar-refractivity contribution in [2.75, 3.05) is 6.79 Å². The summed E-state index contributed by atoms with van der Waals surface area (Å²) in [4.78, 5) is 16.3. The van der Waals surface area contributed by atoms with E-state index < -0.39 is 0 Å². The molecule has 0 saturated heterocycles. The highest BCUT2D eigenvalue weighted by molar-refractivity contribution is 5.93. The van der Waals surface area contributed by atoms with Crippen LogP contribution in [0.25, 0.3) is 11.4 Å². The molecule has 0 saturated carbocycles. The Balaban J connectivity index is 1.44. The molecule has 0 fully saturated rings. The summed E-state index contributed by atoms with van der Waals surface area (Å²) in [5, 5.41) is 6.67. The van der Waals surface area contributed by atoms with Crippen molar-refractivity contribution < 1.29 is 18.8 Å². The molecular weight excluding hydrogens is 310 g/mol. The molecule has 0 spiro atoms. The summed E-state index contributed by atoms with van der Waals surface area (Å²) in [7, 11) is 0. The molecule has 1 aliphatic heterocycles. The lowest BCUT2D eigenvalue weighted by atomic mass is 10.2. The van der Waals surface area contributed by atoms with Gasteiger partial charge in [0.25, 0.3) is 5.91 Å². The monoisotopic (exact) mass is 323 g/mol. The van der Waals surface area contributed by atoms with Gasteiger partial charge in [0, 0.05) is 11.1 Å². The van der Waals surface area contributed by atoms with Gasteiger partial charge in [0.2, 0.25) is 18.5 Å². The molecule has 2 heterocycles. The number of aromatic nitrogens is 2. The quantitative estimate of drug-likeness (QED) is 0.793. The minimum atomic E-state index is -0.196. The van der Waals surface area contributed by atoms with Crippen LogP contribution in [-0.2, 0) is 6.54 Å². The zero-order valence-corrected chi connectivity index (χ0v) is 12.6. The van der Waals surface area contributed by atoms with Gasteiger partial charge in [-0.25, -0.2) is 0 Å². The van der Waals surface area contributed by atoms with Crippen LogP contribution < -0.4 is 14.8 Å². The van der Waals surface area contributed by atoms with Gasteiger partial charge in [-0.15, -0.1) is 0 Å². The lowest BCUT2D eigenvalue weighted by molar-refractivity contribution is 0.0946. The lowest BCUT2D eigenvalue weighted by Gasteiger charge is -2.01. The summed E-state index contributed by atoms with van der Waals surface area (Å²) in [6.07, 6.45) is 0. The van der Waals surface area contributed by atoms with E-state index in [1.54, 1.807) is 36.4 Å². The van der Waals surface area contributed by atoms with E-state index in [1.165, 1.54) is 0 Å². The third kappa shape index (κ3) is 2.79. The number of carbonyl (C=O) groups excluding carboxylic acids is 1. The third-order valence-electron chi connectivity index (χ3n) is 3.54. The topological polar surface area (TPSA) is 86.5 Å². The number of nitrogens with one attached hydrogen (secondary N) is 1. The van der Waals surface area contributed by atoms with Gasteiger partial charge < -0.3 is 19.3 Å². The van der Waals surface area contributed by atoms with Crippen molar-refractivity contribution in [2.45, 2.75) is 6.54 Å². The number of ether oxygens (including phenoxy) is 2. The second-order valence-electron chi connectivity index (χ2n) is 5.13. The second-order valence-corrected chi connectivity index (χ2v) is 5.13. The summed E-state index contributed by atoms with van der Waals surface area (Å²) >= 11 is 0. The van der Waals surface area contributed by atoms with Crippen molar-refractivity contribution in [3.63, 3.8) is 0 Å². The van der Waals surface area contributed by atoms with E-state index in [0.717, 1.165) is 5.56 Å². The molecule has 7 nitrogen and oxygen atoms in total. The summed E-state index contributed by atoms with van der Waals surface area (Å²) in [6.45, 7) is 0.368. The Morgan fingerprint density at radius 1 is 1.08 bits per heavy atom. The molecule has 7 heteroatoms. The molecule has 1 aliphatic rings. The number of hydrogen-bond donors (Lipinski definition) is 1. The number of rotatable bonds is 4. The zero-order valence-electron chi connectivity index (χ0n) is 12.6. The van der Waals surface area contributed by atoms with Crippen LogP contribution in [0.3, 0.4) is 0 Å². The fourth-order valence-corrected chi connectivity index (χ4v) is 2.33. The van der Waals surface area contributed by atoms with Gasteiger partial charge in [0.15, 0.2) is 11.5 Å². The molecular formula is C17H13N3O4. The largest absolute Gasteiger partial charge is 0.454 e. The van der Waals surface area contributed by atoms with Gasteiger partial charge in [-0.05, 0) is 30.3 Å². The van der Waals surface area contributed by atoms with E-state index in [0.29, 0.717) is 28.8 Å². The Morgan fingerprint density at radius 3 is 2.79 bits per heavy atom. The average molecular weight is 323 g/mol. The Hall–Kier alpha value is -3.35. The number of benzene rings is 2. The molecule has 2 aromatic carbocycles. The first-order valence-corrected chi connectivity index (χ1v) is 7.35. The van der Waals surface area contributed by atoms with Crippen LogP contribution in [0.15, 0.2) is 53.1 Å². The Kier molecular flexibility index (Phi) is 3.59. The summed E-state index contributed by atoms with van der Waals surface area (Å²) in [5.41, 5.74) is 1.33. The molecule has 0 aliphatic carbocycles. The van der Waals surface area contributed by atoms with Crippen LogP contribution in [-0.4, -0.2) is 22.8 Å². The fraction of sp³-hybridized carbons (Fsp3) is 0.118. The lowest BCUT2D eigenvalue weighted by Crippen LogP contribution is -2.22. The molecule has 1 aromatic heterocycles. The summed E-state index contributed by atoms with van der Waals surface area (Å²) in [5.74, 6) is 1.90. The standard InChI is InChI=1S/C17H13N3O4/c21-17(11-4-2-1-3-5-11)18-9-15-19-16(20-24-15)12-6-7-13-14(8-12)23-10-22-13/h1-8H,9-10H2,(H,18,21). The molecule has 24 heavy (non-hydrogen) atoms. The van der Waals surface area contributed by atoms with Gasteiger partial charge in [-0.3, -0.25) is 4.79 Å². The molecule has 4 rings (SSSR count). The average Bonchev–Trinajstić information content (AvgIpc) is 3.29. The maximum atomic E-state index is 12.0. The van der Waals surface area contributed by atoms with Crippen molar-refractivity contribution in [1.82, 2.24) is 15.5 Å². The molecule has 1 N–H and O–H groups in total. The molecule has 0 unspecified atom stereocenters. The fourth-order valence-electron chi connectivity index (χ4n) is 2.33. The normalized spacial score (nSPS) is 12.2. The highest BCUT2D eigenvalue weighted by atomic mass is 16.7. The Labute approximate surface area is 137 Å². The van der Waals surface area contributed by atoms with Crippen molar-refractivity contribution in [3.8, 4) is 22.9 Å². The van der Waals surface area contributed by atoms with Crippen LogP contribution >= 0.6 is 0 Å². The summed E-state index contributed by atoms with van der Waals surface area (Å²) < 4.78 is 15.8. The number of nitrogens with zero attached hydrogens (tertiary/aromatic N) is 2. The first-order chi connectivity index (χ1) is 11.8. The van der Waals surface area contributed by atoms with Crippen molar-refractivity contribution in [2.24, 2.45) is 0 Å². The number of fused-ring (bicyclic) bond motifs is 1. The smallest absolute Gasteiger partial charge is 0.251 e. The zero-order chi connectivity index (χ0) is 16.4. The second kappa shape index (κ2) is 6.04. The number of carbonyl (C=O) groups is 1. The molecule has 120 valence electrons. The minimum absolute atomic E-state index is 0.158. The van der Waals surface area contributed by atoms with Crippen LogP contribution in [0, 0.1) is 0 Å². The van der Waals surface area contributed by atoms with Crippen molar-refractivity contribution in [1.29, 1.82) is 0 Å². The van der Waals surface area contributed by atoms with E-state index in [4.69, 9.17) is 14.0 Å². The van der Waals surface area contributed by atoms with Crippen molar-refractivity contribution in [3.05, 3.63) is 60.0 Å². The number of amides is 1. The van der Waals surface area contributed by atoms with E-state index >= 15 is 0 Å². The summed E-state index contributed by atoms with van der Waals surface area (Å²) in [6, 6.07) is 14.3. The SMILES string of the molecule is O=C(NCc1nc(-c2ccc3c(c2)OCO3)no1)c1ccccc1. The van der Waals surface area contributed by atoms with E-state index in [-0.39, 0.29) is 19.2 Å². The predicted molar refractivity (Wildman–Crippen MR) is 83.5 cm³/mol. The van der Waals surface area contributed by atoms with E-state index in [1.807, 2.05) is 12.1 Å². The first-order valence-electron chi connectivity index (χ1n) is 7.35. The molecule has 3 aromatic rings. The van der Waals surface area contributed by atoms with Crippen molar-refractivity contribution >= 4 is 5.91 Å². The minimum Gasteiger partial charge on any atom is -0.454 e. The molecule has 0 bridgehead atoms. The van der Waals surface area contributed by atoms with Gasteiger partial charge in [0.1, 0.15) is 0 Å². The van der Waals surface area contributed by atoms with Gasteiger partial charge in [-0.1, -0.05) is 23.4 Å². The maximum Gasteiger partial charge on any atom is 0.251 e. The van der Waals surface area contributed by atoms with E-state index in [9.17, 15) is 4.79 Å². The van der Waals surface area contributed by atoms with Gasteiger partial charge >= 0.3 is 0 Å². The van der Waals surface area contributed by atoms with Crippen LogP contribution in [0.4, 0.5) is 0 Å². The Morgan fingerprint density at radius 2 is 1.92 bits per heavy atom. The molecule has 0 radical (unpaired) electrons. The first kappa shape index (κ1) is 14.3. The van der Waals surface area contributed by atoms with E-state index in [2.05, 4.69) is 15.5 Å². The molecule has 1 amide bonds. The van der Waals surface area contributed by atoms with Gasteiger partial charge in [-0.2, -0.15) is 4.98 Å².